The van der Waals surface area contributed by atoms with Gasteiger partial charge >= 0.3 is 6.18 Å². The third-order valence-corrected chi connectivity index (χ3v) is 3.92. The Balaban J connectivity index is 1.59. The Labute approximate surface area is 147 Å². The maximum Gasteiger partial charge on any atom is 0.416 e. The highest BCUT2D eigenvalue weighted by Crippen LogP contribution is 2.29. The summed E-state index contributed by atoms with van der Waals surface area (Å²) in [5, 5.41) is 3.62. The van der Waals surface area contributed by atoms with Gasteiger partial charge in [-0.15, -0.1) is 0 Å². The number of nitrogens with one attached hydrogen (secondary N) is 1. The van der Waals surface area contributed by atoms with Gasteiger partial charge in [0.2, 0.25) is 5.91 Å². The molecule has 1 heterocycles. The Hall–Kier alpha value is -3.09. The molecule has 0 aliphatic carbocycles. The summed E-state index contributed by atoms with van der Waals surface area (Å²) in [5.41, 5.74) is 6.96. The topological polar surface area (TPSA) is 68.0 Å². The number of benzene rings is 2. The second-order valence-corrected chi connectivity index (χ2v) is 5.89. The summed E-state index contributed by atoms with van der Waals surface area (Å²) < 4.78 is 37.6. The van der Waals surface area contributed by atoms with Crippen molar-refractivity contribution >= 4 is 28.3 Å². The first-order chi connectivity index (χ1) is 12.3. The fourth-order valence-electron chi connectivity index (χ4n) is 2.56. The maximum absolute atomic E-state index is 12.5. The normalized spacial score (nSPS) is 11.5. The molecule has 1 amide bonds. The van der Waals surface area contributed by atoms with E-state index in [2.05, 4.69) is 10.3 Å². The highest BCUT2D eigenvalue weighted by molar-refractivity contribution is 5.93. The van der Waals surface area contributed by atoms with Gasteiger partial charge in [-0.05, 0) is 54.4 Å². The van der Waals surface area contributed by atoms with Gasteiger partial charge in [-0.3, -0.25) is 4.79 Å². The van der Waals surface area contributed by atoms with E-state index in [4.69, 9.17) is 5.73 Å². The molecule has 0 aliphatic rings. The van der Waals surface area contributed by atoms with Crippen LogP contribution in [0.15, 0.2) is 54.6 Å². The van der Waals surface area contributed by atoms with Gasteiger partial charge in [-0.25, -0.2) is 4.98 Å². The Kier molecular flexibility index (Phi) is 4.79. The second-order valence-electron chi connectivity index (χ2n) is 5.89. The number of amides is 1. The van der Waals surface area contributed by atoms with Crippen molar-refractivity contribution in [1.29, 1.82) is 0 Å². The van der Waals surface area contributed by atoms with E-state index < -0.39 is 11.7 Å². The van der Waals surface area contributed by atoms with Gasteiger partial charge in [0.1, 0.15) is 5.82 Å². The number of alkyl halides is 3. The summed E-state index contributed by atoms with van der Waals surface area (Å²) in [4.78, 5) is 16.3. The molecule has 0 bridgehead atoms. The Bertz CT molecular complexity index is 937. The summed E-state index contributed by atoms with van der Waals surface area (Å²) in [6, 6.07) is 13.6. The van der Waals surface area contributed by atoms with E-state index in [0.29, 0.717) is 23.5 Å². The van der Waals surface area contributed by atoms with Gasteiger partial charge in [0.05, 0.1) is 11.1 Å². The Morgan fingerprint density at radius 2 is 1.77 bits per heavy atom. The number of carbonyl (C=O) groups is 1. The first-order valence-electron chi connectivity index (χ1n) is 7.93. The second kappa shape index (κ2) is 7.03. The van der Waals surface area contributed by atoms with E-state index in [1.807, 2.05) is 6.07 Å². The Morgan fingerprint density at radius 3 is 2.46 bits per heavy atom. The molecule has 26 heavy (non-hydrogen) atoms. The minimum Gasteiger partial charge on any atom is -0.384 e. The van der Waals surface area contributed by atoms with Crippen LogP contribution in [0.3, 0.4) is 0 Å². The third-order valence-electron chi connectivity index (χ3n) is 3.92. The maximum atomic E-state index is 12.5. The van der Waals surface area contributed by atoms with Crippen LogP contribution in [0.25, 0.3) is 10.9 Å². The van der Waals surface area contributed by atoms with E-state index in [1.165, 1.54) is 12.1 Å². The lowest BCUT2D eigenvalue weighted by Crippen LogP contribution is -2.12. The number of nitrogens with zero attached hydrogens (tertiary/aromatic N) is 1. The molecule has 0 spiro atoms. The minimum atomic E-state index is -4.36. The molecule has 3 N–H and O–H groups in total. The average Bonchev–Trinajstić information content (AvgIpc) is 2.60. The van der Waals surface area contributed by atoms with Crippen LogP contribution < -0.4 is 11.1 Å². The molecule has 4 nitrogen and oxygen atoms in total. The molecule has 0 unspecified atom stereocenters. The number of halogens is 3. The number of aromatic nitrogens is 1. The van der Waals surface area contributed by atoms with E-state index in [-0.39, 0.29) is 12.3 Å². The molecule has 2 aromatic carbocycles. The predicted octanol–water partition coefficient (Wildman–Crippen LogP) is 4.41. The van der Waals surface area contributed by atoms with Crippen molar-refractivity contribution < 1.29 is 18.0 Å². The van der Waals surface area contributed by atoms with E-state index in [0.717, 1.165) is 23.0 Å². The van der Waals surface area contributed by atoms with Crippen LogP contribution in [0, 0.1) is 0 Å². The van der Waals surface area contributed by atoms with Gasteiger partial charge in [-0.2, -0.15) is 13.2 Å². The number of pyridine rings is 1. The summed E-state index contributed by atoms with van der Waals surface area (Å²) in [6.07, 6.45) is -3.83. The standard InChI is InChI=1S/C19H16F3N3O/c20-19(21,22)14-5-1-12(2-6-14)3-10-18(26)24-15-7-8-16-13(11-15)4-9-17(23)25-16/h1-2,4-9,11H,3,10H2,(H2,23,25)(H,24,26). The van der Waals surface area contributed by atoms with E-state index in [9.17, 15) is 18.0 Å². The zero-order chi connectivity index (χ0) is 18.7. The zero-order valence-electron chi connectivity index (χ0n) is 13.7. The first-order valence-corrected chi connectivity index (χ1v) is 7.93. The van der Waals surface area contributed by atoms with Crippen LogP contribution in [0.2, 0.25) is 0 Å². The van der Waals surface area contributed by atoms with Gasteiger partial charge < -0.3 is 11.1 Å². The fourth-order valence-corrected chi connectivity index (χ4v) is 2.56. The zero-order valence-corrected chi connectivity index (χ0v) is 13.7. The number of hydrogen-bond donors (Lipinski definition) is 2. The van der Waals surface area contributed by atoms with Crippen molar-refractivity contribution in [2.45, 2.75) is 19.0 Å². The molecule has 1 aromatic heterocycles. The van der Waals surface area contributed by atoms with Gasteiger partial charge in [0.15, 0.2) is 0 Å². The number of nitrogen functional groups attached to an aromatic ring is 1. The molecule has 0 aliphatic heterocycles. The van der Waals surface area contributed by atoms with Crippen molar-refractivity contribution in [3.05, 3.63) is 65.7 Å². The van der Waals surface area contributed by atoms with Crippen LogP contribution in [0.5, 0.6) is 0 Å². The number of rotatable bonds is 4. The molecular formula is C19H16F3N3O. The number of fused-ring (bicyclic) bond motifs is 1. The minimum absolute atomic E-state index is 0.170. The van der Waals surface area contributed by atoms with Gasteiger partial charge in [0, 0.05) is 17.5 Å². The molecular weight excluding hydrogens is 343 g/mol. The van der Waals surface area contributed by atoms with Crippen molar-refractivity contribution in [1.82, 2.24) is 4.98 Å². The van der Waals surface area contributed by atoms with Crippen LogP contribution >= 0.6 is 0 Å². The average molecular weight is 359 g/mol. The number of aryl methyl sites for hydroxylation is 1. The SMILES string of the molecule is Nc1ccc2cc(NC(=O)CCc3ccc(C(F)(F)F)cc3)ccc2n1. The van der Waals surface area contributed by atoms with Gasteiger partial charge in [-0.1, -0.05) is 12.1 Å². The molecule has 0 atom stereocenters. The van der Waals surface area contributed by atoms with Crippen molar-refractivity contribution in [2.24, 2.45) is 0 Å². The fraction of sp³-hybridized carbons (Fsp3) is 0.158. The molecule has 0 radical (unpaired) electrons. The smallest absolute Gasteiger partial charge is 0.384 e. The van der Waals surface area contributed by atoms with Crippen molar-refractivity contribution in [3.63, 3.8) is 0 Å². The number of carbonyl (C=O) groups excluding carboxylic acids is 1. The van der Waals surface area contributed by atoms with E-state index >= 15 is 0 Å². The molecule has 0 saturated carbocycles. The van der Waals surface area contributed by atoms with Crippen LogP contribution in [0.1, 0.15) is 17.5 Å². The molecule has 0 fully saturated rings. The number of anilines is 2. The summed E-state index contributed by atoms with van der Waals surface area (Å²) in [7, 11) is 0. The lowest BCUT2D eigenvalue weighted by molar-refractivity contribution is -0.137. The molecule has 3 rings (SSSR count). The molecule has 134 valence electrons. The quantitative estimate of drug-likeness (QED) is 0.725. The van der Waals surface area contributed by atoms with Crippen LogP contribution in [-0.2, 0) is 17.4 Å². The lowest BCUT2D eigenvalue weighted by atomic mass is 10.1. The van der Waals surface area contributed by atoms with Crippen molar-refractivity contribution in [3.8, 4) is 0 Å². The van der Waals surface area contributed by atoms with Gasteiger partial charge in [0.25, 0.3) is 0 Å². The number of nitrogens with two attached hydrogens (primary N) is 1. The highest BCUT2D eigenvalue weighted by Gasteiger charge is 2.29. The summed E-state index contributed by atoms with van der Waals surface area (Å²) >= 11 is 0. The molecule has 7 heteroatoms. The molecule has 0 saturated heterocycles. The summed E-state index contributed by atoms with van der Waals surface area (Å²) in [6.45, 7) is 0. The predicted molar refractivity (Wildman–Crippen MR) is 94.6 cm³/mol. The van der Waals surface area contributed by atoms with Crippen LogP contribution in [-0.4, -0.2) is 10.9 Å². The summed E-state index contributed by atoms with van der Waals surface area (Å²) in [5.74, 6) is 0.207. The Morgan fingerprint density at radius 1 is 1.04 bits per heavy atom. The van der Waals surface area contributed by atoms with Crippen molar-refractivity contribution in [2.75, 3.05) is 11.1 Å². The highest BCUT2D eigenvalue weighted by atomic mass is 19.4. The monoisotopic (exact) mass is 359 g/mol. The van der Waals surface area contributed by atoms with E-state index in [1.54, 1.807) is 24.3 Å². The third kappa shape index (κ3) is 4.30. The largest absolute Gasteiger partial charge is 0.416 e. The lowest BCUT2D eigenvalue weighted by Gasteiger charge is -2.08. The first kappa shape index (κ1) is 17.7. The molecule has 3 aromatic rings. The van der Waals surface area contributed by atoms with Crippen LogP contribution in [0.4, 0.5) is 24.7 Å². The number of hydrogen-bond acceptors (Lipinski definition) is 3.